The Morgan fingerprint density at radius 1 is 0.852 bits per heavy atom. The number of carbonyl (C=O) groups is 1. The number of rotatable bonds is 11. The molecule has 2 aliphatic rings. The molecule has 0 aromatic rings. The van der Waals surface area contributed by atoms with Crippen LogP contribution in [0.5, 0.6) is 0 Å². The molecule has 0 aromatic heterocycles. The minimum atomic E-state index is -0.297. The van der Waals surface area contributed by atoms with Gasteiger partial charge in [0.1, 0.15) is 0 Å². The second-order valence-electron chi connectivity index (χ2n) is 9.28. The van der Waals surface area contributed by atoms with Crippen LogP contribution in [0.15, 0.2) is 0 Å². The van der Waals surface area contributed by atoms with Gasteiger partial charge in [0.2, 0.25) is 0 Å². The van der Waals surface area contributed by atoms with Gasteiger partial charge in [0.05, 0.1) is 19.1 Å². The van der Waals surface area contributed by atoms with Gasteiger partial charge in [0.15, 0.2) is 0 Å². The van der Waals surface area contributed by atoms with E-state index >= 15 is 0 Å². The maximum Gasteiger partial charge on any atom is 0.311 e. The highest BCUT2D eigenvalue weighted by Crippen LogP contribution is 2.39. The third kappa shape index (κ3) is 7.75. The highest BCUT2D eigenvalue weighted by atomic mass is 16.5. The van der Waals surface area contributed by atoms with Crippen LogP contribution in [0, 0.1) is 29.6 Å². The Morgan fingerprint density at radius 2 is 1.37 bits per heavy atom. The van der Waals surface area contributed by atoms with E-state index in [1.54, 1.807) is 0 Å². The number of ether oxygens (including phenoxy) is 1. The topological polar surface area (TPSA) is 46.5 Å². The zero-order chi connectivity index (χ0) is 19.5. The maximum atomic E-state index is 12.0. The molecule has 2 aliphatic carbocycles. The monoisotopic (exact) mass is 380 g/mol. The van der Waals surface area contributed by atoms with E-state index in [4.69, 9.17) is 4.74 Å². The van der Waals surface area contributed by atoms with E-state index < -0.39 is 0 Å². The van der Waals surface area contributed by atoms with Crippen molar-refractivity contribution in [1.82, 2.24) is 0 Å². The fourth-order valence-corrected chi connectivity index (χ4v) is 5.51. The molecule has 1 N–H and O–H groups in total. The number of carbonyl (C=O) groups excluding carboxylic acids is 1. The molecule has 2 rings (SSSR count). The Morgan fingerprint density at radius 3 is 1.85 bits per heavy atom. The normalized spacial score (nSPS) is 30.0. The molecule has 158 valence electrons. The van der Waals surface area contributed by atoms with Gasteiger partial charge in [-0.25, -0.2) is 0 Å². The van der Waals surface area contributed by atoms with Crippen LogP contribution in [0.4, 0.5) is 0 Å². The minimum absolute atomic E-state index is 0.0599. The Balaban J connectivity index is 1.60. The SMILES string of the molecule is CCCCCC1CCC(CCC2CCC(C(CO)C(=O)OCC)CC2)CC1. The second kappa shape index (κ2) is 12.8. The molecule has 0 aromatic carbocycles. The van der Waals surface area contributed by atoms with E-state index in [9.17, 15) is 9.90 Å². The first kappa shape index (κ1) is 22.7. The van der Waals surface area contributed by atoms with Gasteiger partial charge in [-0.15, -0.1) is 0 Å². The summed E-state index contributed by atoms with van der Waals surface area (Å²) in [6, 6.07) is 0. The second-order valence-corrected chi connectivity index (χ2v) is 9.28. The average molecular weight is 381 g/mol. The Bertz CT molecular complexity index is 392. The van der Waals surface area contributed by atoms with Crippen molar-refractivity contribution in [2.24, 2.45) is 29.6 Å². The molecule has 27 heavy (non-hydrogen) atoms. The minimum Gasteiger partial charge on any atom is -0.466 e. The van der Waals surface area contributed by atoms with Crippen molar-refractivity contribution >= 4 is 5.97 Å². The summed E-state index contributed by atoms with van der Waals surface area (Å²) < 4.78 is 5.14. The summed E-state index contributed by atoms with van der Waals surface area (Å²) in [4.78, 5) is 12.0. The number of hydrogen-bond donors (Lipinski definition) is 1. The maximum absolute atomic E-state index is 12.0. The number of hydrogen-bond acceptors (Lipinski definition) is 3. The van der Waals surface area contributed by atoms with Crippen LogP contribution in [0.2, 0.25) is 0 Å². The molecule has 3 heteroatoms. The predicted octanol–water partition coefficient (Wildman–Crippen LogP) is 6.13. The van der Waals surface area contributed by atoms with Crippen molar-refractivity contribution in [3.8, 4) is 0 Å². The van der Waals surface area contributed by atoms with E-state index in [1.165, 1.54) is 77.0 Å². The number of unbranched alkanes of at least 4 members (excludes halogenated alkanes) is 2. The lowest BCUT2D eigenvalue weighted by molar-refractivity contribution is -0.152. The molecule has 0 saturated heterocycles. The third-order valence-corrected chi connectivity index (χ3v) is 7.41. The summed E-state index contributed by atoms with van der Waals surface area (Å²) in [6.07, 6.45) is 18.9. The molecule has 0 amide bonds. The molecule has 1 unspecified atom stereocenters. The van der Waals surface area contributed by atoms with Crippen LogP contribution in [-0.4, -0.2) is 24.3 Å². The molecule has 0 bridgehead atoms. The van der Waals surface area contributed by atoms with Gasteiger partial charge >= 0.3 is 5.97 Å². The molecule has 0 heterocycles. The quantitative estimate of drug-likeness (QED) is 0.346. The van der Waals surface area contributed by atoms with Crippen LogP contribution < -0.4 is 0 Å². The van der Waals surface area contributed by atoms with E-state index in [0.717, 1.165) is 30.6 Å². The number of aliphatic hydroxyl groups excluding tert-OH is 1. The van der Waals surface area contributed by atoms with Gasteiger partial charge in [-0.1, -0.05) is 84.0 Å². The van der Waals surface area contributed by atoms with E-state index in [1.807, 2.05) is 6.92 Å². The van der Waals surface area contributed by atoms with E-state index in [0.29, 0.717) is 12.5 Å². The molecular weight excluding hydrogens is 336 g/mol. The first-order valence-electron chi connectivity index (χ1n) is 11.9. The highest BCUT2D eigenvalue weighted by Gasteiger charge is 2.32. The molecule has 0 spiro atoms. The summed E-state index contributed by atoms with van der Waals surface area (Å²) in [5.74, 6) is 2.65. The van der Waals surface area contributed by atoms with Gasteiger partial charge in [-0.05, 0) is 43.4 Å². The smallest absolute Gasteiger partial charge is 0.311 e. The third-order valence-electron chi connectivity index (χ3n) is 7.41. The van der Waals surface area contributed by atoms with E-state index in [-0.39, 0.29) is 18.5 Å². The predicted molar refractivity (Wildman–Crippen MR) is 111 cm³/mol. The van der Waals surface area contributed by atoms with Gasteiger partial charge in [0.25, 0.3) is 0 Å². The fraction of sp³-hybridized carbons (Fsp3) is 0.958. The number of esters is 1. The zero-order valence-corrected chi connectivity index (χ0v) is 18.0. The van der Waals surface area contributed by atoms with Gasteiger partial charge in [0, 0.05) is 0 Å². The van der Waals surface area contributed by atoms with Crippen LogP contribution >= 0.6 is 0 Å². The summed E-state index contributed by atoms with van der Waals surface area (Å²) in [5.41, 5.74) is 0. The van der Waals surface area contributed by atoms with Crippen molar-refractivity contribution < 1.29 is 14.6 Å². The van der Waals surface area contributed by atoms with Crippen LogP contribution in [0.3, 0.4) is 0 Å². The van der Waals surface area contributed by atoms with Crippen LogP contribution in [0.1, 0.15) is 104 Å². The van der Waals surface area contributed by atoms with E-state index in [2.05, 4.69) is 6.92 Å². The molecule has 2 saturated carbocycles. The highest BCUT2D eigenvalue weighted by molar-refractivity contribution is 5.72. The Labute approximate surface area is 167 Å². The first-order chi connectivity index (χ1) is 13.2. The Hall–Kier alpha value is -0.570. The van der Waals surface area contributed by atoms with Crippen molar-refractivity contribution in [3.05, 3.63) is 0 Å². The summed E-state index contributed by atoms with van der Waals surface area (Å²) >= 11 is 0. The standard InChI is InChI=1S/C24H44O3/c1-3-5-6-7-19-8-10-20(11-9-19)12-13-21-14-16-22(17-15-21)23(18-25)24(26)27-4-2/h19-23,25H,3-18H2,1-2H3. The zero-order valence-electron chi connectivity index (χ0n) is 18.0. The summed E-state index contributed by atoms with van der Waals surface area (Å²) in [5, 5.41) is 9.60. The van der Waals surface area contributed by atoms with Crippen LogP contribution in [0.25, 0.3) is 0 Å². The molecule has 1 atom stereocenters. The largest absolute Gasteiger partial charge is 0.466 e. The first-order valence-corrected chi connectivity index (χ1v) is 11.9. The molecule has 0 aliphatic heterocycles. The number of aliphatic hydroxyl groups is 1. The van der Waals surface area contributed by atoms with Crippen molar-refractivity contribution in [2.45, 2.75) is 104 Å². The Kier molecular flexibility index (Phi) is 10.8. The lowest BCUT2D eigenvalue weighted by atomic mass is 9.72. The molecular formula is C24H44O3. The lowest BCUT2D eigenvalue weighted by Crippen LogP contribution is -2.32. The molecule has 0 radical (unpaired) electrons. The summed E-state index contributed by atoms with van der Waals surface area (Å²) in [6.45, 7) is 4.48. The van der Waals surface area contributed by atoms with Crippen molar-refractivity contribution in [1.29, 1.82) is 0 Å². The van der Waals surface area contributed by atoms with Gasteiger partial charge in [-0.3, -0.25) is 4.79 Å². The fourth-order valence-electron chi connectivity index (χ4n) is 5.51. The lowest BCUT2D eigenvalue weighted by Gasteiger charge is -2.33. The van der Waals surface area contributed by atoms with Crippen LogP contribution in [-0.2, 0) is 9.53 Å². The molecule has 3 nitrogen and oxygen atoms in total. The van der Waals surface area contributed by atoms with Crippen molar-refractivity contribution in [2.75, 3.05) is 13.2 Å². The van der Waals surface area contributed by atoms with Gasteiger partial charge < -0.3 is 9.84 Å². The molecule has 2 fully saturated rings. The summed E-state index contributed by atoms with van der Waals surface area (Å²) in [7, 11) is 0. The van der Waals surface area contributed by atoms with Crippen molar-refractivity contribution in [3.63, 3.8) is 0 Å². The van der Waals surface area contributed by atoms with Gasteiger partial charge in [-0.2, -0.15) is 0 Å². The average Bonchev–Trinajstić information content (AvgIpc) is 2.69.